The highest BCUT2D eigenvalue weighted by atomic mass is 16.2. The number of benzene rings is 3. The van der Waals surface area contributed by atoms with Crippen LogP contribution in [0, 0.1) is 19.3 Å². The van der Waals surface area contributed by atoms with E-state index in [2.05, 4.69) is 42.9 Å². The number of carbonyl (C=O) groups excluding carboxylic acids is 6. The van der Waals surface area contributed by atoms with E-state index in [1.54, 1.807) is 0 Å². The second kappa shape index (κ2) is 24.8. The molecule has 3 aromatic rings. The molecule has 6 amide bonds. The lowest BCUT2D eigenvalue weighted by molar-refractivity contribution is -0.137. The first-order valence-corrected chi connectivity index (χ1v) is 22.1. The number of unbranched alkanes of at least 4 members (excludes halogenated alkanes) is 1. The van der Waals surface area contributed by atoms with Gasteiger partial charge in [-0.25, -0.2) is 0 Å². The number of rotatable bonds is 23. The summed E-state index contributed by atoms with van der Waals surface area (Å²) in [4.78, 5) is 84.5. The van der Waals surface area contributed by atoms with Gasteiger partial charge in [-0.05, 0) is 92.8 Å². The number of aryl methyl sites for hydroxylation is 2. The number of allylic oxidation sites excluding steroid dienone is 1. The van der Waals surface area contributed by atoms with Crippen molar-refractivity contribution in [1.82, 2.24) is 31.9 Å². The van der Waals surface area contributed by atoms with Gasteiger partial charge in [0.15, 0.2) is 5.96 Å². The van der Waals surface area contributed by atoms with Crippen molar-refractivity contribution in [2.24, 2.45) is 11.5 Å². The molecule has 0 radical (unpaired) electrons. The first kappa shape index (κ1) is 49.9. The van der Waals surface area contributed by atoms with Gasteiger partial charge in [0.05, 0.1) is 6.54 Å². The van der Waals surface area contributed by atoms with E-state index in [1.165, 1.54) is 0 Å². The van der Waals surface area contributed by atoms with Crippen molar-refractivity contribution in [1.29, 1.82) is 5.41 Å². The second-order valence-electron chi connectivity index (χ2n) is 16.4. The van der Waals surface area contributed by atoms with Crippen molar-refractivity contribution >= 4 is 52.7 Å². The molecule has 3 atom stereocenters. The predicted molar refractivity (Wildman–Crippen MR) is 250 cm³/mol. The average Bonchev–Trinajstić information content (AvgIpc) is 3.27. The zero-order valence-electron chi connectivity index (χ0n) is 37.6. The van der Waals surface area contributed by atoms with Crippen molar-refractivity contribution in [3.63, 3.8) is 0 Å². The van der Waals surface area contributed by atoms with Crippen molar-refractivity contribution in [2.45, 2.75) is 109 Å². The normalized spacial score (nSPS) is 14.8. The van der Waals surface area contributed by atoms with Crippen molar-refractivity contribution < 1.29 is 28.8 Å². The van der Waals surface area contributed by atoms with E-state index < -0.39 is 59.7 Å². The fourth-order valence-corrected chi connectivity index (χ4v) is 7.79. The minimum atomic E-state index is -1.32. The summed E-state index contributed by atoms with van der Waals surface area (Å²) in [6.45, 7) is 8.46. The Kier molecular flexibility index (Phi) is 19.4. The van der Waals surface area contributed by atoms with E-state index in [-0.39, 0.29) is 63.4 Å². The number of nitrogens with zero attached hydrogens (tertiary/aromatic N) is 1. The Balaban J connectivity index is 1.65. The summed E-state index contributed by atoms with van der Waals surface area (Å²) in [7, 11) is 0. The van der Waals surface area contributed by atoms with Gasteiger partial charge in [0.25, 0.3) is 0 Å². The molecule has 16 heteroatoms. The highest BCUT2D eigenvalue weighted by molar-refractivity contribution is 5.98. The summed E-state index contributed by atoms with van der Waals surface area (Å²) < 4.78 is 0. The van der Waals surface area contributed by atoms with Crippen molar-refractivity contribution in [3.05, 3.63) is 107 Å². The third-order valence-corrected chi connectivity index (χ3v) is 11.4. The summed E-state index contributed by atoms with van der Waals surface area (Å²) in [5.74, 6) is -3.80. The zero-order valence-corrected chi connectivity index (χ0v) is 37.6. The van der Waals surface area contributed by atoms with Gasteiger partial charge in [-0.1, -0.05) is 86.2 Å². The van der Waals surface area contributed by atoms with E-state index in [1.807, 2.05) is 107 Å². The summed E-state index contributed by atoms with van der Waals surface area (Å²) in [5, 5.41) is 24.5. The summed E-state index contributed by atoms with van der Waals surface area (Å²) in [6, 6.07) is 21.2. The van der Waals surface area contributed by atoms with E-state index in [0.717, 1.165) is 39.9 Å². The monoisotopic (exact) mass is 879 g/mol. The van der Waals surface area contributed by atoms with E-state index in [4.69, 9.17) is 16.9 Å². The number of carbonyl (C=O) groups is 6. The maximum Gasteiger partial charge on any atom is 0.246 e. The molecular formula is C48H66N10O6. The lowest BCUT2D eigenvalue weighted by Crippen LogP contribution is -2.66. The van der Waals surface area contributed by atoms with E-state index in [9.17, 15) is 28.8 Å². The number of hydrogen-bond donors (Lipinski definition) is 9. The Labute approximate surface area is 376 Å². The van der Waals surface area contributed by atoms with Gasteiger partial charge < -0.3 is 48.3 Å². The molecule has 0 unspecified atom stereocenters. The summed E-state index contributed by atoms with van der Waals surface area (Å²) in [6.07, 6.45) is 4.56. The molecule has 1 heterocycles. The van der Waals surface area contributed by atoms with Crippen LogP contribution in [0.15, 0.2) is 84.9 Å². The lowest BCUT2D eigenvalue weighted by Gasteiger charge is -2.42. The standard InChI is InChI=1S/C48H66N10O6/c1-5-7-22-42(60)57-48(23-26-58(27-24-48)36-19-13-15-32(3)28-36)46(64)56-39(29-34-17-9-8-10-18-34)45(63)54-38(21-14-25-52-47(50)51)44(62)55-40(43(61)53-31-41(49)59)30-35(6-2)37-20-12-11-16-33(37)4/h6,8-13,15-20,28,38-40H,5,7,14,21-27,29-31H2,1-4H3,(H2,49,59)(H,53,61)(H,54,63)(H,55,62)(H,56,64)(H,57,60)(H4,50,51,52)/b35-6-/t38-,39+,40-/m0/s1. The molecule has 1 saturated heterocycles. The molecule has 3 aromatic carbocycles. The fourth-order valence-electron chi connectivity index (χ4n) is 7.79. The number of anilines is 1. The molecule has 0 spiro atoms. The van der Waals surface area contributed by atoms with Crippen LogP contribution in [0.4, 0.5) is 5.69 Å². The molecule has 344 valence electrons. The highest BCUT2D eigenvalue weighted by Crippen LogP contribution is 2.29. The number of amides is 6. The van der Waals surface area contributed by atoms with Gasteiger partial charge in [-0.3, -0.25) is 34.2 Å². The first-order chi connectivity index (χ1) is 30.6. The van der Waals surface area contributed by atoms with Crippen LogP contribution < -0.4 is 48.3 Å². The van der Waals surface area contributed by atoms with Crippen LogP contribution in [-0.4, -0.2) is 91.2 Å². The molecule has 1 aliphatic rings. The summed E-state index contributed by atoms with van der Waals surface area (Å²) >= 11 is 0. The minimum Gasteiger partial charge on any atom is -0.371 e. The Morgan fingerprint density at radius 3 is 2.11 bits per heavy atom. The lowest BCUT2D eigenvalue weighted by atomic mass is 9.85. The molecule has 11 N–H and O–H groups in total. The molecule has 16 nitrogen and oxygen atoms in total. The Morgan fingerprint density at radius 1 is 0.797 bits per heavy atom. The van der Waals surface area contributed by atoms with Gasteiger partial charge in [-0.15, -0.1) is 0 Å². The number of hydrogen-bond acceptors (Lipinski definition) is 8. The first-order valence-electron chi connectivity index (χ1n) is 22.1. The molecular weight excluding hydrogens is 813 g/mol. The quantitative estimate of drug-likeness (QED) is 0.0385. The highest BCUT2D eigenvalue weighted by Gasteiger charge is 2.44. The molecule has 0 bridgehead atoms. The molecule has 1 aliphatic heterocycles. The van der Waals surface area contributed by atoms with Crippen LogP contribution in [0.3, 0.4) is 0 Å². The maximum atomic E-state index is 14.7. The van der Waals surface area contributed by atoms with E-state index >= 15 is 0 Å². The van der Waals surface area contributed by atoms with Crippen LogP contribution in [0.2, 0.25) is 0 Å². The van der Waals surface area contributed by atoms with Crippen LogP contribution >= 0.6 is 0 Å². The fraction of sp³-hybridized carbons (Fsp3) is 0.438. The number of guanidine groups is 1. The third-order valence-electron chi connectivity index (χ3n) is 11.4. The smallest absolute Gasteiger partial charge is 0.246 e. The Hall–Kier alpha value is -6.71. The minimum absolute atomic E-state index is 0.0459. The van der Waals surface area contributed by atoms with Gasteiger partial charge in [-0.2, -0.15) is 0 Å². The zero-order chi connectivity index (χ0) is 46.6. The molecule has 4 rings (SSSR count). The topological polar surface area (TPSA) is 254 Å². The van der Waals surface area contributed by atoms with Crippen LogP contribution in [-0.2, 0) is 35.2 Å². The van der Waals surface area contributed by atoms with Crippen molar-refractivity contribution in [3.8, 4) is 0 Å². The maximum absolute atomic E-state index is 14.7. The Morgan fingerprint density at radius 2 is 1.47 bits per heavy atom. The molecule has 0 saturated carbocycles. The molecule has 0 aliphatic carbocycles. The molecule has 1 fully saturated rings. The third kappa shape index (κ3) is 15.3. The van der Waals surface area contributed by atoms with Crippen LogP contribution in [0.5, 0.6) is 0 Å². The predicted octanol–water partition coefficient (Wildman–Crippen LogP) is 3.00. The number of piperidine rings is 1. The van der Waals surface area contributed by atoms with Gasteiger partial charge in [0.1, 0.15) is 23.7 Å². The van der Waals surface area contributed by atoms with Gasteiger partial charge in [0.2, 0.25) is 35.4 Å². The Bertz CT molecular complexity index is 2120. The van der Waals surface area contributed by atoms with Gasteiger partial charge >= 0.3 is 0 Å². The van der Waals surface area contributed by atoms with Crippen LogP contribution in [0.25, 0.3) is 5.57 Å². The molecule has 0 aromatic heterocycles. The largest absolute Gasteiger partial charge is 0.371 e. The van der Waals surface area contributed by atoms with Crippen molar-refractivity contribution in [2.75, 3.05) is 31.1 Å². The number of primary amides is 1. The average molecular weight is 879 g/mol. The van der Waals surface area contributed by atoms with E-state index in [0.29, 0.717) is 19.5 Å². The molecule has 64 heavy (non-hydrogen) atoms. The second-order valence-corrected chi connectivity index (χ2v) is 16.4. The summed E-state index contributed by atoms with van der Waals surface area (Å²) in [5.41, 5.74) is 15.0. The van der Waals surface area contributed by atoms with Crippen LogP contribution in [0.1, 0.15) is 87.5 Å². The number of nitrogens with two attached hydrogens (primary N) is 2. The SMILES string of the molecule is C/C=C(/C[C@H](NC(=O)[C@H](CCCNC(=N)N)NC(=O)[C@@H](Cc1ccccc1)NC(=O)C1(NC(=O)CCCC)CCN(c2cccc(C)c2)CC1)C(=O)NCC(N)=O)c1ccccc1C. The van der Waals surface area contributed by atoms with Gasteiger partial charge in [0, 0.05) is 44.6 Å². The number of nitrogens with one attached hydrogen (secondary N) is 7.